The molecule has 0 saturated carbocycles. The van der Waals surface area contributed by atoms with Crippen LogP contribution in [-0.4, -0.2) is 36.4 Å². The van der Waals surface area contributed by atoms with Crippen molar-refractivity contribution in [3.63, 3.8) is 0 Å². The number of sulfonamides is 1. The highest BCUT2D eigenvalue weighted by molar-refractivity contribution is 7.92. The summed E-state index contributed by atoms with van der Waals surface area (Å²) in [4.78, 5) is 4.37. The van der Waals surface area contributed by atoms with Crippen LogP contribution in [0.25, 0.3) is 22.4 Å². The van der Waals surface area contributed by atoms with Crippen LogP contribution in [0.5, 0.6) is 11.5 Å². The minimum atomic E-state index is -3.65. The molecule has 3 rings (SSSR count). The van der Waals surface area contributed by atoms with Crippen molar-refractivity contribution < 1.29 is 23.0 Å². The van der Waals surface area contributed by atoms with Crippen LogP contribution in [0.4, 0.5) is 5.88 Å². The average molecular weight is 348 g/mol. The Balaban J connectivity index is 2.13. The number of hydrogen-bond acceptors (Lipinski definition) is 6. The zero-order valence-electron chi connectivity index (χ0n) is 13.1. The fourth-order valence-corrected chi connectivity index (χ4v) is 3.07. The monoisotopic (exact) mass is 348 g/mol. The number of para-hydroxylation sites is 1. The highest BCUT2D eigenvalue weighted by Gasteiger charge is 2.29. The van der Waals surface area contributed by atoms with Crippen LogP contribution in [0.2, 0.25) is 0 Å². The number of furan rings is 1. The summed E-state index contributed by atoms with van der Waals surface area (Å²) < 4.78 is 30.1. The normalized spacial score (nSPS) is 11.8. The standard InChI is InChI=1S/C16H16N2O5S/c1-3-24(21,22)18(2)16-14(20)13(19)15(23-16)12-9-8-10-6-4-5-7-11(10)17-12/h4-9,19-20H,3H2,1-2H3. The Bertz CT molecular complexity index is 1010. The number of fused-ring (bicyclic) bond motifs is 1. The van der Waals surface area contributed by atoms with E-state index in [0.717, 1.165) is 9.69 Å². The van der Waals surface area contributed by atoms with E-state index in [2.05, 4.69) is 4.98 Å². The Labute approximate surface area is 138 Å². The molecule has 2 heterocycles. The van der Waals surface area contributed by atoms with Crippen molar-refractivity contribution in [1.29, 1.82) is 0 Å². The Morgan fingerprint density at radius 2 is 1.83 bits per heavy atom. The molecule has 7 nitrogen and oxygen atoms in total. The van der Waals surface area contributed by atoms with Crippen LogP contribution in [0.1, 0.15) is 6.92 Å². The lowest BCUT2D eigenvalue weighted by Crippen LogP contribution is -2.27. The Morgan fingerprint density at radius 3 is 2.54 bits per heavy atom. The molecule has 0 fully saturated rings. The van der Waals surface area contributed by atoms with E-state index in [9.17, 15) is 18.6 Å². The SMILES string of the molecule is CCS(=O)(=O)N(C)c1oc(-c2ccc3ccccc3n2)c(O)c1O. The van der Waals surface area contributed by atoms with Gasteiger partial charge in [0.1, 0.15) is 5.69 Å². The van der Waals surface area contributed by atoms with Gasteiger partial charge in [-0.3, -0.25) is 0 Å². The third kappa shape index (κ3) is 2.54. The first kappa shape index (κ1) is 16.1. The van der Waals surface area contributed by atoms with Gasteiger partial charge in [-0.2, -0.15) is 0 Å². The lowest BCUT2D eigenvalue weighted by atomic mass is 10.2. The first-order valence-electron chi connectivity index (χ1n) is 7.22. The number of pyridine rings is 1. The van der Waals surface area contributed by atoms with Crippen molar-refractivity contribution in [2.45, 2.75) is 6.92 Å². The van der Waals surface area contributed by atoms with Gasteiger partial charge in [0.05, 0.1) is 11.3 Å². The fraction of sp³-hybridized carbons (Fsp3) is 0.188. The van der Waals surface area contributed by atoms with Crippen LogP contribution in [-0.2, 0) is 10.0 Å². The van der Waals surface area contributed by atoms with Gasteiger partial charge in [-0.05, 0) is 19.1 Å². The molecular formula is C16H16N2O5S. The van der Waals surface area contributed by atoms with E-state index < -0.39 is 21.5 Å². The number of rotatable bonds is 4. The zero-order valence-corrected chi connectivity index (χ0v) is 13.9. The number of aromatic hydroxyl groups is 2. The quantitative estimate of drug-likeness (QED) is 0.751. The summed E-state index contributed by atoms with van der Waals surface area (Å²) in [6.45, 7) is 1.47. The number of hydrogen-bond donors (Lipinski definition) is 2. The third-order valence-corrected chi connectivity index (χ3v) is 5.47. The van der Waals surface area contributed by atoms with Gasteiger partial charge in [-0.1, -0.05) is 24.3 Å². The molecule has 0 amide bonds. The largest absolute Gasteiger partial charge is 0.501 e. The highest BCUT2D eigenvalue weighted by Crippen LogP contribution is 2.46. The molecule has 2 N–H and O–H groups in total. The molecule has 2 aromatic heterocycles. The Morgan fingerprint density at radius 1 is 1.12 bits per heavy atom. The van der Waals surface area contributed by atoms with Crippen molar-refractivity contribution >= 4 is 26.8 Å². The van der Waals surface area contributed by atoms with Crippen molar-refractivity contribution in [2.75, 3.05) is 17.1 Å². The van der Waals surface area contributed by atoms with Gasteiger partial charge in [0, 0.05) is 12.4 Å². The predicted octanol–water partition coefficient (Wildman–Crippen LogP) is 2.69. The fourth-order valence-electron chi connectivity index (χ4n) is 2.30. The predicted molar refractivity (Wildman–Crippen MR) is 90.6 cm³/mol. The molecule has 0 aliphatic heterocycles. The molecule has 0 bridgehead atoms. The molecule has 0 spiro atoms. The van der Waals surface area contributed by atoms with Crippen molar-refractivity contribution in [3.05, 3.63) is 36.4 Å². The minimum absolute atomic E-state index is 0.0913. The van der Waals surface area contributed by atoms with E-state index in [1.807, 2.05) is 18.2 Å². The third-order valence-electron chi connectivity index (χ3n) is 3.74. The second-order valence-corrected chi connectivity index (χ2v) is 7.48. The van der Waals surface area contributed by atoms with Crippen LogP contribution in [0.15, 0.2) is 40.8 Å². The summed E-state index contributed by atoms with van der Waals surface area (Å²) in [5, 5.41) is 21.1. The van der Waals surface area contributed by atoms with E-state index in [-0.39, 0.29) is 23.1 Å². The summed E-state index contributed by atoms with van der Waals surface area (Å²) in [5.74, 6) is -1.80. The van der Waals surface area contributed by atoms with Crippen molar-refractivity contribution in [1.82, 2.24) is 4.98 Å². The van der Waals surface area contributed by atoms with Crippen LogP contribution in [0, 0.1) is 0 Å². The average Bonchev–Trinajstić information content (AvgIpc) is 2.89. The van der Waals surface area contributed by atoms with Gasteiger partial charge in [-0.25, -0.2) is 17.7 Å². The van der Waals surface area contributed by atoms with Crippen molar-refractivity contribution in [2.24, 2.45) is 0 Å². The molecule has 8 heteroatoms. The van der Waals surface area contributed by atoms with Crippen LogP contribution in [0.3, 0.4) is 0 Å². The highest BCUT2D eigenvalue weighted by atomic mass is 32.2. The maximum absolute atomic E-state index is 11.9. The lowest BCUT2D eigenvalue weighted by molar-refractivity contribution is 0.409. The number of benzene rings is 1. The summed E-state index contributed by atoms with van der Waals surface area (Å²) >= 11 is 0. The molecule has 24 heavy (non-hydrogen) atoms. The summed E-state index contributed by atoms with van der Waals surface area (Å²) in [5.41, 5.74) is 0.969. The van der Waals surface area contributed by atoms with Crippen LogP contribution >= 0.6 is 0 Å². The molecule has 1 aromatic carbocycles. The number of aromatic nitrogens is 1. The zero-order chi connectivity index (χ0) is 17.5. The number of nitrogens with zero attached hydrogens (tertiary/aromatic N) is 2. The van der Waals surface area contributed by atoms with Gasteiger partial charge >= 0.3 is 0 Å². The molecule has 126 valence electrons. The summed E-state index contributed by atoms with van der Waals surface area (Å²) in [7, 11) is -2.40. The maximum Gasteiger partial charge on any atom is 0.256 e. The molecule has 0 saturated heterocycles. The van der Waals surface area contributed by atoms with E-state index >= 15 is 0 Å². The smallest absolute Gasteiger partial charge is 0.256 e. The van der Waals surface area contributed by atoms with Crippen LogP contribution < -0.4 is 4.31 Å². The molecule has 0 unspecified atom stereocenters. The summed E-state index contributed by atoms with van der Waals surface area (Å²) in [6, 6.07) is 10.8. The van der Waals surface area contributed by atoms with Gasteiger partial charge in [0.25, 0.3) is 5.88 Å². The first-order valence-corrected chi connectivity index (χ1v) is 8.83. The Kier molecular flexibility index (Phi) is 3.84. The second-order valence-electron chi connectivity index (χ2n) is 5.19. The Hall–Kier alpha value is -2.74. The molecule has 3 aromatic rings. The molecule has 0 atom stereocenters. The van der Waals surface area contributed by atoms with E-state index in [0.29, 0.717) is 5.52 Å². The van der Waals surface area contributed by atoms with E-state index in [1.165, 1.54) is 14.0 Å². The minimum Gasteiger partial charge on any atom is -0.501 e. The molecular weight excluding hydrogens is 332 g/mol. The first-order chi connectivity index (χ1) is 11.3. The molecule has 0 radical (unpaired) electrons. The lowest BCUT2D eigenvalue weighted by Gasteiger charge is -2.14. The maximum atomic E-state index is 11.9. The second kappa shape index (κ2) is 5.72. The van der Waals surface area contributed by atoms with Gasteiger partial charge in [0.15, 0.2) is 0 Å². The summed E-state index contributed by atoms with van der Waals surface area (Å²) in [6.07, 6.45) is 0. The topological polar surface area (TPSA) is 104 Å². The van der Waals surface area contributed by atoms with E-state index in [4.69, 9.17) is 4.42 Å². The molecule has 0 aliphatic rings. The van der Waals surface area contributed by atoms with Crippen molar-refractivity contribution in [3.8, 4) is 23.0 Å². The van der Waals surface area contributed by atoms with Gasteiger partial charge < -0.3 is 14.6 Å². The number of anilines is 1. The van der Waals surface area contributed by atoms with Gasteiger partial charge in [-0.15, -0.1) is 0 Å². The van der Waals surface area contributed by atoms with E-state index in [1.54, 1.807) is 18.2 Å². The molecule has 0 aliphatic carbocycles. The van der Waals surface area contributed by atoms with Gasteiger partial charge in [0.2, 0.25) is 27.3 Å².